The number of nitrogens with zero attached hydrogens (tertiary/aromatic N) is 1. The van der Waals surface area contributed by atoms with Crippen LogP contribution in [0.1, 0.15) is 11.1 Å². The summed E-state index contributed by atoms with van der Waals surface area (Å²) in [6.07, 6.45) is 1.32. The molecule has 0 saturated heterocycles. The van der Waals surface area contributed by atoms with Crippen LogP contribution in [0.15, 0.2) is 24.3 Å². The van der Waals surface area contributed by atoms with Crippen molar-refractivity contribution >= 4 is 17.3 Å². The number of rotatable bonds is 1. The molecule has 0 heterocycles. The minimum Gasteiger partial charge on any atom is -0.398 e. The zero-order chi connectivity index (χ0) is 9.84. The Morgan fingerprint density at radius 1 is 1.62 bits per heavy atom. The molecule has 0 unspecified atom stereocenters. The molecule has 66 valence electrons. The molecule has 0 aliphatic carbocycles. The van der Waals surface area contributed by atoms with Crippen molar-refractivity contribution in [2.24, 2.45) is 5.73 Å². The van der Waals surface area contributed by atoms with Gasteiger partial charge >= 0.3 is 0 Å². The minimum atomic E-state index is 0.469. The van der Waals surface area contributed by atoms with E-state index >= 15 is 0 Å². The maximum Gasteiger partial charge on any atom is 0.0933 e. The monoisotopic (exact) mass is 192 g/mol. The van der Waals surface area contributed by atoms with E-state index in [2.05, 4.69) is 0 Å². The zero-order valence-electron chi connectivity index (χ0n) is 7.21. The molecule has 1 aromatic rings. The Kier molecular flexibility index (Phi) is 2.94. The van der Waals surface area contributed by atoms with Crippen molar-refractivity contribution in [1.82, 2.24) is 0 Å². The molecule has 0 spiro atoms. The van der Waals surface area contributed by atoms with Crippen LogP contribution in [-0.4, -0.2) is 0 Å². The van der Waals surface area contributed by atoms with E-state index in [1.807, 2.05) is 19.1 Å². The van der Waals surface area contributed by atoms with Crippen molar-refractivity contribution in [2.75, 3.05) is 0 Å². The smallest absolute Gasteiger partial charge is 0.0933 e. The van der Waals surface area contributed by atoms with Gasteiger partial charge in [0.2, 0.25) is 0 Å². The highest BCUT2D eigenvalue weighted by Gasteiger charge is 2.00. The van der Waals surface area contributed by atoms with E-state index in [0.717, 1.165) is 11.1 Å². The number of hydrogen-bond acceptors (Lipinski definition) is 2. The highest BCUT2D eigenvalue weighted by molar-refractivity contribution is 6.30. The van der Waals surface area contributed by atoms with E-state index in [4.69, 9.17) is 22.6 Å². The average Bonchev–Trinajstić information content (AvgIpc) is 2.04. The normalized spacial score (nSPS) is 11.0. The van der Waals surface area contributed by atoms with E-state index in [1.54, 1.807) is 12.1 Å². The van der Waals surface area contributed by atoms with Crippen LogP contribution in [0, 0.1) is 18.3 Å². The lowest BCUT2D eigenvalue weighted by Crippen LogP contribution is -1.98. The summed E-state index contributed by atoms with van der Waals surface area (Å²) in [6, 6.07) is 7.26. The Labute approximate surface area is 82.2 Å². The highest BCUT2D eigenvalue weighted by atomic mass is 35.5. The Morgan fingerprint density at radius 3 is 2.85 bits per heavy atom. The van der Waals surface area contributed by atoms with Crippen LogP contribution in [0.3, 0.4) is 0 Å². The molecule has 2 nitrogen and oxygen atoms in total. The molecule has 0 aliphatic heterocycles. The molecule has 0 fully saturated rings. The first-order chi connectivity index (χ1) is 6.15. The van der Waals surface area contributed by atoms with Crippen molar-refractivity contribution in [3.8, 4) is 6.07 Å². The highest BCUT2D eigenvalue weighted by Crippen LogP contribution is 2.18. The van der Waals surface area contributed by atoms with Crippen LogP contribution >= 0.6 is 11.6 Å². The van der Waals surface area contributed by atoms with Crippen molar-refractivity contribution in [3.63, 3.8) is 0 Å². The molecule has 0 bridgehead atoms. The van der Waals surface area contributed by atoms with Gasteiger partial charge in [0.05, 0.1) is 6.07 Å². The van der Waals surface area contributed by atoms with Gasteiger partial charge in [-0.1, -0.05) is 17.7 Å². The molecule has 2 N–H and O–H groups in total. The fourth-order valence-electron chi connectivity index (χ4n) is 1.10. The molecular formula is C10H9ClN2. The lowest BCUT2D eigenvalue weighted by Gasteiger charge is -2.04. The molecular weight excluding hydrogens is 184 g/mol. The summed E-state index contributed by atoms with van der Waals surface area (Å²) in [5.41, 5.74) is 7.94. The van der Waals surface area contributed by atoms with Crippen molar-refractivity contribution in [2.45, 2.75) is 6.92 Å². The van der Waals surface area contributed by atoms with Crippen LogP contribution in [0.2, 0.25) is 5.02 Å². The summed E-state index contributed by atoms with van der Waals surface area (Å²) in [5, 5.41) is 9.08. The van der Waals surface area contributed by atoms with Gasteiger partial charge in [0, 0.05) is 22.4 Å². The van der Waals surface area contributed by atoms with E-state index in [9.17, 15) is 0 Å². The molecule has 0 atom stereocenters. The number of benzene rings is 1. The predicted molar refractivity (Wildman–Crippen MR) is 54.0 cm³/mol. The Hall–Kier alpha value is -1.46. The number of allylic oxidation sites excluding steroid dienone is 1. The van der Waals surface area contributed by atoms with Gasteiger partial charge in [-0.2, -0.15) is 5.26 Å². The second kappa shape index (κ2) is 3.97. The molecule has 0 saturated carbocycles. The molecule has 0 aliphatic rings. The standard InChI is InChI=1S/C10H9ClN2/c1-7-6-8(11)2-3-9(7)10(13)4-5-12/h2-4,6H,13H2,1H3/b10-4-. The first-order valence-electron chi connectivity index (χ1n) is 3.77. The Morgan fingerprint density at radius 2 is 2.31 bits per heavy atom. The summed E-state index contributed by atoms with van der Waals surface area (Å²) < 4.78 is 0. The summed E-state index contributed by atoms with van der Waals surface area (Å²) in [6.45, 7) is 1.90. The second-order valence-corrected chi connectivity index (χ2v) is 3.12. The average molecular weight is 193 g/mol. The lowest BCUT2D eigenvalue weighted by atomic mass is 10.1. The van der Waals surface area contributed by atoms with Gasteiger partial charge in [-0.05, 0) is 24.6 Å². The van der Waals surface area contributed by atoms with Gasteiger partial charge < -0.3 is 5.73 Å². The summed E-state index contributed by atoms with van der Waals surface area (Å²) in [5.74, 6) is 0. The molecule has 1 rings (SSSR count). The lowest BCUT2D eigenvalue weighted by molar-refractivity contribution is 1.39. The first kappa shape index (κ1) is 9.63. The van der Waals surface area contributed by atoms with Gasteiger partial charge in [-0.25, -0.2) is 0 Å². The number of nitriles is 1. The number of hydrogen-bond donors (Lipinski definition) is 1. The fourth-order valence-corrected chi connectivity index (χ4v) is 1.32. The number of aryl methyl sites for hydroxylation is 1. The van der Waals surface area contributed by atoms with Crippen LogP contribution in [0.5, 0.6) is 0 Å². The molecule has 13 heavy (non-hydrogen) atoms. The van der Waals surface area contributed by atoms with Crippen molar-refractivity contribution < 1.29 is 0 Å². The van der Waals surface area contributed by atoms with E-state index in [-0.39, 0.29) is 0 Å². The third-order valence-corrected chi connectivity index (χ3v) is 1.95. The van der Waals surface area contributed by atoms with E-state index < -0.39 is 0 Å². The van der Waals surface area contributed by atoms with Gasteiger partial charge in [0.1, 0.15) is 0 Å². The van der Waals surface area contributed by atoms with Gasteiger partial charge in [-0.3, -0.25) is 0 Å². The minimum absolute atomic E-state index is 0.469. The van der Waals surface area contributed by atoms with Gasteiger partial charge in [0.25, 0.3) is 0 Å². The summed E-state index contributed by atoms with van der Waals surface area (Å²) >= 11 is 5.77. The quantitative estimate of drug-likeness (QED) is 0.695. The zero-order valence-corrected chi connectivity index (χ0v) is 7.97. The second-order valence-electron chi connectivity index (χ2n) is 2.69. The predicted octanol–water partition coefficient (Wildman–Crippen LogP) is 2.47. The van der Waals surface area contributed by atoms with Gasteiger partial charge in [0.15, 0.2) is 0 Å². The van der Waals surface area contributed by atoms with Crippen molar-refractivity contribution in [1.29, 1.82) is 5.26 Å². The third kappa shape index (κ3) is 2.24. The first-order valence-corrected chi connectivity index (χ1v) is 4.14. The maximum absolute atomic E-state index is 8.41. The maximum atomic E-state index is 8.41. The largest absolute Gasteiger partial charge is 0.398 e. The third-order valence-electron chi connectivity index (χ3n) is 1.72. The Bertz CT molecular complexity index is 388. The van der Waals surface area contributed by atoms with Gasteiger partial charge in [-0.15, -0.1) is 0 Å². The molecule has 3 heteroatoms. The van der Waals surface area contributed by atoms with Crippen LogP contribution < -0.4 is 5.73 Å². The number of halogens is 1. The van der Waals surface area contributed by atoms with Crippen LogP contribution in [-0.2, 0) is 0 Å². The van der Waals surface area contributed by atoms with E-state index in [0.29, 0.717) is 10.7 Å². The van der Waals surface area contributed by atoms with E-state index in [1.165, 1.54) is 6.08 Å². The van der Waals surface area contributed by atoms with Crippen LogP contribution in [0.25, 0.3) is 5.70 Å². The summed E-state index contributed by atoms with van der Waals surface area (Å²) in [4.78, 5) is 0. The fraction of sp³-hybridized carbons (Fsp3) is 0.100. The Balaban J connectivity index is 3.18. The molecule has 0 amide bonds. The molecule has 0 radical (unpaired) electrons. The molecule has 0 aromatic heterocycles. The number of nitrogens with two attached hydrogens (primary N) is 1. The topological polar surface area (TPSA) is 49.8 Å². The van der Waals surface area contributed by atoms with Crippen molar-refractivity contribution in [3.05, 3.63) is 40.4 Å². The van der Waals surface area contributed by atoms with Crippen LogP contribution in [0.4, 0.5) is 0 Å². The SMILES string of the molecule is Cc1cc(Cl)ccc1/C(N)=C/C#N. The molecule has 1 aromatic carbocycles. The summed E-state index contributed by atoms with van der Waals surface area (Å²) in [7, 11) is 0.